The number of carbonyl (C=O) groups excluding carboxylic acids is 2. The highest BCUT2D eigenvalue weighted by molar-refractivity contribution is 6.74. The molecular formula is C17H30N2O5Si. The van der Waals surface area contributed by atoms with E-state index in [9.17, 15) is 19.5 Å². The summed E-state index contributed by atoms with van der Waals surface area (Å²) in [6, 6.07) is -1.03. The van der Waals surface area contributed by atoms with Crippen LogP contribution in [-0.4, -0.2) is 65.9 Å². The van der Waals surface area contributed by atoms with Gasteiger partial charge in [0.25, 0.3) is 11.8 Å². The van der Waals surface area contributed by atoms with Crippen LogP contribution in [0.1, 0.15) is 47.0 Å². The van der Waals surface area contributed by atoms with Gasteiger partial charge in [-0.25, -0.2) is 4.79 Å². The van der Waals surface area contributed by atoms with E-state index in [0.29, 0.717) is 25.8 Å². The third-order valence-corrected chi connectivity index (χ3v) is 10.3. The van der Waals surface area contributed by atoms with E-state index in [-0.39, 0.29) is 17.0 Å². The quantitative estimate of drug-likeness (QED) is 0.609. The van der Waals surface area contributed by atoms with E-state index in [0.717, 1.165) is 4.90 Å². The van der Waals surface area contributed by atoms with Crippen LogP contribution < -0.4 is 0 Å². The topological polar surface area (TPSA) is 87.2 Å². The Labute approximate surface area is 150 Å². The fourth-order valence-electron chi connectivity index (χ4n) is 3.26. The van der Waals surface area contributed by atoms with E-state index in [4.69, 9.17) is 4.43 Å². The number of carbonyl (C=O) groups is 3. The number of rotatable bonds is 3. The molecule has 2 saturated heterocycles. The minimum Gasteiger partial charge on any atom is -0.465 e. The summed E-state index contributed by atoms with van der Waals surface area (Å²) in [4.78, 5) is 39.4. The summed E-state index contributed by atoms with van der Waals surface area (Å²) >= 11 is 0. The van der Waals surface area contributed by atoms with Gasteiger partial charge in [0.05, 0.1) is 0 Å². The van der Waals surface area contributed by atoms with Crippen molar-refractivity contribution in [2.24, 2.45) is 0 Å². The minimum absolute atomic E-state index is 0.0283. The first-order valence-electron chi connectivity index (χ1n) is 8.91. The van der Waals surface area contributed by atoms with Gasteiger partial charge in [0.2, 0.25) is 0 Å². The summed E-state index contributed by atoms with van der Waals surface area (Å²) in [6.45, 7) is 12.6. The fraction of sp³-hybridized carbons (Fsp3) is 0.824. The van der Waals surface area contributed by atoms with Gasteiger partial charge in [-0.1, -0.05) is 20.8 Å². The highest BCUT2D eigenvalue weighted by Gasteiger charge is 2.49. The zero-order chi connectivity index (χ0) is 19.2. The molecule has 8 heteroatoms. The van der Waals surface area contributed by atoms with E-state index in [1.165, 1.54) is 4.90 Å². The average molecular weight is 371 g/mol. The Hall–Kier alpha value is -1.41. The van der Waals surface area contributed by atoms with Crippen molar-refractivity contribution >= 4 is 26.2 Å². The highest BCUT2D eigenvalue weighted by atomic mass is 28.4. The zero-order valence-electron chi connectivity index (χ0n) is 16.0. The molecule has 0 spiro atoms. The maximum Gasteiger partial charge on any atom is 0.407 e. The monoisotopic (exact) mass is 370 g/mol. The molecule has 1 unspecified atom stereocenters. The predicted molar refractivity (Wildman–Crippen MR) is 95.8 cm³/mol. The number of carboxylic acid groups (broad SMARTS) is 1. The maximum atomic E-state index is 12.8. The van der Waals surface area contributed by atoms with E-state index in [2.05, 4.69) is 33.9 Å². The third kappa shape index (κ3) is 3.74. The molecule has 25 heavy (non-hydrogen) atoms. The molecule has 0 bridgehead atoms. The van der Waals surface area contributed by atoms with Crippen LogP contribution in [0.5, 0.6) is 0 Å². The van der Waals surface area contributed by atoms with Gasteiger partial charge in [-0.15, -0.1) is 0 Å². The standard InChI is InChI=1S/C17H30N2O5Si/c1-11-10-13(24-25(5,6)17(2,3)4)15(21)19(11)14(20)12-8-7-9-18(12)16(22)23/h11-13H,7-10H2,1-6H3,(H,22,23)/t11-,12?,13-/m0/s1. The summed E-state index contributed by atoms with van der Waals surface area (Å²) in [5.41, 5.74) is 0. The number of hydrogen-bond acceptors (Lipinski definition) is 4. The molecule has 7 nitrogen and oxygen atoms in total. The normalized spacial score (nSPS) is 27.9. The van der Waals surface area contributed by atoms with Crippen molar-refractivity contribution in [2.75, 3.05) is 6.54 Å². The predicted octanol–water partition coefficient (Wildman–Crippen LogP) is 2.67. The molecule has 1 N–H and O–H groups in total. The van der Waals surface area contributed by atoms with Crippen LogP contribution in [-0.2, 0) is 14.0 Å². The molecular weight excluding hydrogens is 340 g/mol. The number of likely N-dealkylation sites (tertiary alicyclic amines) is 2. The molecule has 0 aromatic rings. The Morgan fingerprint density at radius 3 is 2.40 bits per heavy atom. The van der Waals surface area contributed by atoms with Crippen molar-refractivity contribution in [1.82, 2.24) is 9.80 Å². The second kappa shape index (κ2) is 6.72. The first-order chi connectivity index (χ1) is 11.4. The van der Waals surface area contributed by atoms with Crippen LogP contribution in [0.3, 0.4) is 0 Å². The first-order valence-corrected chi connectivity index (χ1v) is 11.8. The van der Waals surface area contributed by atoms with Crippen LogP contribution >= 0.6 is 0 Å². The van der Waals surface area contributed by atoms with Crippen molar-refractivity contribution in [3.05, 3.63) is 0 Å². The van der Waals surface area contributed by atoms with Gasteiger partial charge in [0.1, 0.15) is 12.1 Å². The van der Waals surface area contributed by atoms with Gasteiger partial charge in [0.15, 0.2) is 8.32 Å². The lowest BCUT2D eigenvalue weighted by Gasteiger charge is -2.37. The van der Waals surface area contributed by atoms with Gasteiger partial charge >= 0.3 is 6.09 Å². The van der Waals surface area contributed by atoms with Crippen molar-refractivity contribution in [3.63, 3.8) is 0 Å². The van der Waals surface area contributed by atoms with E-state index >= 15 is 0 Å². The number of nitrogens with zero attached hydrogens (tertiary/aromatic N) is 2. The zero-order valence-corrected chi connectivity index (χ0v) is 17.0. The number of amides is 3. The van der Waals surface area contributed by atoms with E-state index in [1.54, 1.807) is 0 Å². The second-order valence-corrected chi connectivity index (χ2v) is 13.4. The maximum absolute atomic E-state index is 12.8. The first kappa shape index (κ1) is 19.9. The smallest absolute Gasteiger partial charge is 0.407 e. The van der Waals surface area contributed by atoms with Crippen LogP contribution in [0, 0.1) is 0 Å². The van der Waals surface area contributed by atoms with Crippen molar-refractivity contribution in [1.29, 1.82) is 0 Å². The minimum atomic E-state index is -2.13. The molecule has 2 heterocycles. The van der Waals surface area contributed by atoms with Crippen molar-refractivity contribution in [2.45, 2.75) is 83.3 Å². The summed E-state index contributed by atoms with van der Waals surface area (Å²) in [6.07, 6.45) is -0.140. The molecule has 2 aliphatic rings. The van der Waals surface area contributed by atoms with Crippen LogP contribution in [0.15, 0.2) is 0 Å². The highest BCUT2D eigenvalue weighted by Crippen LogP contribution is 2.39. The van der Waals surface area contributed by atoms with Crippen LogP contribution in [0.25, 0.3) is 0 Å². The Morgan fingerprint density at radius 1 is 1.28 bits per heavy atom. The molecule has 3 atom stereocenters. The Morgan fingerprint density at radius 2 is 1.88 bits per heavy atom. The van der Waals surface area contributed by atoms with Gasteiger partial charge in [-0.2, -0.15) is 0 Å². The van der Waals surface area contributed by atoms with Gasteiger partial charge < -0.3 is 9.53 Å². The van der Waals surface area contributed by atoms with Crippen molar-refractivity contribution < 1.29 is 23.9 Å². The Bertz CT molecular complexity index is 572. The molecule has 2 aliphatic heterocycles. The lowest BCUT2D eigenvalue weighted by atomic mass is 10.1. The van der Waals surface area contributed by atoms with Crippen LogP contribution in [0.2, 0.25) is 18.1 Å². The summed E-state index contributed by atoms with van der Waals surface area (Å²) in [5, 5.41) is 9.22. The molecule has 0 aromatic heterocycles. The largest absolute Gasteiger partial charge is 0.465 e. The molecule has 2 fully saturated rings. The SMILES string of the molecule is C[C@H]1C[C@H](O[Si](C)(C)C(C)(C)C)C(=O)N1C(=O)C1CCCN1C(=O)O. The van der Waals surface area contributed by atoms with Crippen LogP contribution in [0.4, 0.5) is 4.79 Å². The van der Waals surface area contributed by atoms with E-state index < -0.39 is 32.5 Å². The molecule has 0 radical (unpaired) electrons. The van der Waals surface area contributed by atoms with Gasteiger partial charge in [-0.05, 0) is 37.9 Å². The number of hydrogen-bond donors (Lipinski definition) is 1. The summed E-state index contributed by atoms with van der Waals surface area (Å²) < 4.78 is 6.23. The molecule has 2 rings (SSSR count). The molecule has 142 valence electrons. The van der Waals surface area contributed by atoms with Gasteiger partial charge in [0, 0.05) is 19.0 Å². The van der Waals surface area contributed by atoms with Gasteiger partial charge in [-0.3, -0.25) is 19.4 Å². The Kier molecular flexibility index (Phi) is 5.35. The molecule has 0 saturated carbocycles. The summed E-state index contributed by atoms with van der Waals surface area (Å²) in [5.74, 6) is -0.724. The molecule has 0 aromatic carbocycles. The lowest BCUT2D eigenvalue weighted by Crippen LogP contribution is -2.51. The lowest BCUT2D eigenvalue weighted by molar-refractivity contribution is -0.148. The van der Waals surface area contributed by atoms with Crippen molar-refractivity contribution in [3.8, 4) is 0 Å². The fourth-order valence-corrected chi connectivity index (χ4v) is 4.52. The third-order valence-electron chi connectivity index (χ3n) is 5.77. The second-order valence-electron chi connectivity index (χ2n) is 8.63. The molecule has 3 amide bonds. The number of imide groups is 1. The Balaban J connectivity index is 2.14. The summed E-state index contributed by atoms with van der Waals surface area (Å²) in [7, 11) is -2.13. The van der Waals surface area contributed by atoms with E-state index in [1.807, 2.05) is 6.92 Å². The average Bonchev–Trinajstić information content (AvgIpc) is 3.03. The molecule has 0 aliphatic carbocycles.